The van der Waals surface area contributed by atoms with Gasteiger partial charge in [-0.25, -0.2) is 0 Å². The van der Waals surface area contributed by atoms with Crippen molar-refractivity contribution in [3.8, 4) is 0 Å². The number of rotatable bonds is 54. The molecule has 64 heavy (non-hydrogen) atoms. The molecule has 0 spiro atoms. The lowest BCUT2D eigenvalue weighted by Gasteiger charge is -2.22. The molecular weight excluding hydrogens is 791 g/mol. The van der Waals surface area contributed by atoms with E-state index in [4.69, 9.17) is 4.74 Å². The first kappa shape index (κ1) is 62.6. The van der Waals surface area contributed by atoms with Crippen LogP contribution in [0.15, 0.2) is 12.2 Å². The average molecular weight is 905 g/mol. The zero-order valence-corrected chi connectivity index (χ0v) is 43.3. The number of aliphatic hydroxyl groups excluding tert-OH is 2. The minimum absolute atomic E-state index is 0.00310. The van der Waals surface area contributed by atoms with Gasteiger partial charge in [0.2, 0.25) is 5.91 Å². The molecule has 3 N–H and O–H groups in total. The molecule has 0 aliphatic carbocycles. The highest BCUT2D eigenvalue weighted by atomic mass is 16.5. The van der Waals surface area contributed by atoms with Gasteiger partial charge in [0.15, 0.2) is 0 Å². The molecule has 6 nitrogen and oxygen atoms in total. The molecule has 0 saturated carbocycles. The van der Waals surface area contributed by atoms with Crippen LogP contribution in [-0.2, 0) is 14.3 Å². The SMILES string of the molecule is CCCCCCCC/C=C\CCCCCCCC(=O)OCCCCCCCCCCCCCCCCCCCCCCC(=O)NC(CO)C(O)CCCCCCCCCCCCCC. The number of allylic oxidation sites excluding steroid dienone is 2. The van der Waals surface area contributed by atoms with Crippen molar-refractivity contribution in [1.29, 1.82) is 0 Å². The van der Waals surface area contributed by atoms with Crippen molar-refractivity contribution in [3.63, 3.8) is 0 Å². The first-order valence-corrected chi connectivity index (χ1v) is 28.9. The number of hydrogen-bond donors (Lipinski definition) is 3. The summed E-state index contributed by atoms with van der Waals surface area (Å²) in [5.41, 5.74) is 0. The van der Waals surface area contributed by atoms with Gasteiger partial charge in [-0.05, 0) is 51.4 Å². The van der Waals surface area contributed by atoms with Crippen LogP contribution in [-0.4, -0.2) is 47.4 Å². The van der Waals surface area contributed by atoms with Crippen molar-refractivity contribution < 1.29 is 24.5 Å². The van der Waals surface area contributed by atoms with Crippen LogP contribution in [0, 0.1) is 0 Å². The van der Waals surface area contributed by atoms with Crippen LogP contribution in [0.1, 0.15) is 322 Å². The van der Waals surface area contributed by atoms with Crippen LogP contribution in [0.5, 0.6) is 0 Å². The number of carbonyl (C=O) groups is 2. The monoisotopic (exact) mass is 904 g/mol. The van der Waals surface area contributed by atoms with Gasteiger partial charge >= 0.3 is 5.97 Å². The summed E-state index contributed by atoms with van der Waals surface area (Å²) in [6.07, 6.45) is 63.5. The standard InChI is InChI=1S/C58H113NO5/c1-3-5-7-9-11-13-15-17-24-28-32-36-40-44-48-52-58(63)64-53-49-45-41-37-33-29-26-23-21-19-18-20-22-25-27-31-35-39-43-47-51-57(62)59-55(54-60)56(61)50-46-42-38-34-30-16-14-12-10-8-6-4-2/h17,24,55-56,60-61H,3-16,18-23,25-54H2,1-2H3,(H,59,62)/b24-17-. The Morgan fingerprint density at radius 2 is 0.734 bits per heavy atom. The van der Waals surface area contributed by atoms with E-state index in [1.807, 2.05) is 0 Å². The van der Waals surface area contributed by atoms with Crippen LogP contribution >= 0.6 is 0 Å². The van der Waals surface area contributed by atoms with Gasteiger partial charge in [-0.3, -0.25) is 9.59 Å². The number of unbranched alkanes of at least 4 members (excludes halogenated alkanes) is 41. The third-order valence-electron chi connectivity index (χ3n) is 13.6. The molecule has 2 unspecified atom stereocenters. The predicted octanol–water partition coefficient (Wildman–Crippen LogP) is 17.7. The van der Waals surface area contributed by atoms with Crippen LogP contribution in [0.3, 0.4) is 0 Å². The smallest absolute Gasteiger partial charge is 0.305 e. The van der Waals surface area contributed by atoms with Crippen LogP contribution in [0.25, 0.3) is 0 Å². The van der Waals surface area contributed by atoms with Crippen LogP contribution in [0.2, 0.25) is 0 Å². The number of hydrogen-bond acceptors (Lipinski definition) is 5. The minimum atomic E-state index is -0.664. The molecule has 0 aliphatic heterocycles. The van der Waals surface area contributed by atoms with Gasteiger partial charge in [-0.1, -0.05) is 270 Å². The van der Waals surface area contributed by atoms with Gasteiger partial charge in [0.25, 0.3) is 0 Å². The largest absolute Gasteiger partial charge is 0.466 e. The quantitative estimate of drug-likeness (QED) is 0.0321. The van der Waals surface area contributed by atoms with Gasteiger partial charge in [-0.15, -0.1) is 0 Å². The zero-order valence-electron chi connectivity index (χ0n) is 43.3. The fraction of sp³-hybridized carbons (Fsp3) is 0.931. The Morgan fingerprint density at radius 3 is 1.11 bits per heavy atom. The summed E-state index contributed by atoms with van der Waals surface area (Å²) in [6, 6.07) is -0.541. The summed E-state index contributed by atoms with van der Waals surface area (Å²) in [5.74, 6) is -0.0332. The number of aliphatic hydroxyl groups is 2. The van der Waals surface area contributed by atoms with E-state index >= 15 is 0 Å². The molecule has 6 heteroatoms. The van der Waals surface area contributed by atoms with Crippen molar-refractivity contribution >= 4 is 11.9 Å². The van der Waals surface area contributed by atoms with Crippen molar-refractivity contribution in [2.75, 3.05) is 13.2 Å². The molecule has 380 valence electrons. The Balaban J connectivity index is 3.37. The van der Waals surface area contributed by atoms with E-state index in [0.29, 0.717) is 25.9 Å². The third kappa shape index (κ3) is 50.0. The molecule has 0 bridgehead atoms. The van der Waals surface area contributed by atoms with Crippen LogP contribution in [0.4, 0.5) is 0 Å². The van der Waals surface area contributed by atoms with Crippen molar-refractivity contribution in [3.05, 3.63) is 12.2 Å². The number of ether oxygens (including phenoxy) is 1. The molecule has 0 fully saturated rings. The summed E-state index contributed by atoms with van der Waals surface area (Å²) in [7, 11) is 0. The molecule has 0 aromatic carbocycles. The van der Waals surface area contributed by atoms with E-state index in [2.05, 4.69) is 31.3 Å². The van der Waals surface area contributed by atoms with E-state index in [-0.39, 0.29) is 18.5 Å². The van der Waals surface area contributed by atoms with E-state index < -0.39 is 12.1 Å². The van der Waals surface area contributed by atoms with E-state index in [1.54, 1.807) is 0 Å². The fourth-order valence-corrected chi connectivity index (χ4v) is 9.11. The topological polar surface area (TPSA) is 95.9 Å². The van der Waals surface area contributed by atoms with Crippen molar-refractivity contribution in [2.24, 2.45) is 0 Å². The number of nitrogens with one attached hydrogen (secondary N) is 1. The maximum Gasteiger partial charge on any atom is 0.305 e. The number of esters is 1. The fourth-order valence-electron chi connectivity index (χ4n) is 9.11. The second-order valence-electron chi connectivity index (χ2n) is 20.0. The summed E-state index contributed by atoms with van der Waals surface area (Å²) >= 11 is 0. The van der Waals surface area contributed by atoms with Crippen molar-refractivity contribution in [2.45, 2.75) is 334 Å². The molecule has 0 aliphatic rings. The third-order valence-corrected chi connectivity index (χ3v) is 13.6. The lowest BCUT2D eigenvalue weighted by atomic mass is 10.0. The van der Waals surface area contributed by atoms with E-state index in [1.165, 1.54) is 244 Å². The highest BCUT2D eigenvalue weighted by molar-refractivity contribution is 5.76. The summed E-state index contributed by atoms with van der Waals surface area (Å²) in [5, 5.41) is 23.2. The highest BCUT2D eigenvalue weighted by Gasteiger charge is 2.20. The summed E-state index contributed by atoms with van der Waals surface area (Å²) in [6.45, 7) is 4.95. The zero-order chi connectivity index (χ0) is 46.5. The molecular formula is C58H113NO5. The number of amides is 1. The minimum Gasteiger partial charge on any atom is -0.466 e. The van der Waals surface area contributed by atoms with E-state index in [0.717, 1.165) is 44.9 Å². The Morgan fingerprint density at radius 1 is 0.422 bits per heavy atom. The van der Waals surface area contributed by atoms with Gasteiger partial charge < -0.3 is 20.3 Å². The molecule has 0 heterocycles. The second kappa shape index (κ2) is 54.2. The highest BCUT2D eigenvalue weighted by Crippen LogP contribution is 2.17. The lowest BCUT2D eigenvalue weighted by Crippen LogP contribution is -2.45. The normalized spacial score (nSPS) is 12.6. The first-order chi connectivity index (χ1) is 31.5. The average Bonchev–Trinajstić information content (AvgIpc) is 3.29. The molecule has 0 radical (unpaired) electrons. The van der Waals surface area contributed by atoms with Gasteiger partial charge in [-0.2, -0.15) is 0 Å². The predicted molar refractivity (Wildman–Crippen MR) is 278 cm³/mol. The maximum atomic E-state index is 12.4. The Labute approximate surface area is 399 Å². The van der Waals surface area contributed by atoms with Gasteiger partial charge in [0.05, 0.1) is 25.4 Å². The van der Waals surface area contributed by atoms with Crippen molar-refractivity contribution in [1.82, 2.24) is 5.32 Å². The molecule has 2 atom stereocenters. The molecule has 0 saturated heterocycles. The molecule has 0 aromatic rings. The van der Waals surface area contributed by atoms with Gasteiger partial charge in [0.1, 0.15) is 0 Å². The Hall–Kier alpha value is -1.40. The second-order valence-corrected chi connectivity index (χ2v) is 20.0. The summed E-state index contributed by atoms with van der Waals surface area (Å²) in [4.78, 5) is 24.5. The Kier molecular flexibility index (Phi) is 53.0. The van der Waals surface area contributed by atoms with Crippen LogP contribution < -0.4 is 5.32 Å². The molecule has 1 amide bonds. The molecule has 0 aromatic heterocycles. The Bertz CT molecular complexity index is 955. The van der Waals surface area contributed by atoms with E-state index in [9.17, 15) is 19.8 Å². The number of carbonyl (C=O) groups excluding carboxylic acids is 2. The summed E-state index contributed by atoms with van der Waals surface area (Å²) < 4.78 is 5.48. The first-order valence-electron chi connectivity index (χ1n) is 28.9. The lowest BCUT2D eigenvalue weighted by molar-refractivity contribution is -0.143. The molecule has 0 rings (SSSR count). The van der Waals surface area contributed by atoms with Gasteiger partial charge in [0, 0.05) is 12.8 Å². The maximum absolute atomic E-state index is 12.4.